The maximum absolute atomic E-state index is 12.5. The summed E-state index contributed by atoms with van der Waals surface area (Å²) in [5, 5.41) is 0. The van der Waals surface area contributed by atoms with Crippen LogP contribution < -0.4 is 4.74 Å². The Hall–Kier alpha value is -2.27. The molecule has 0 bridgehead atoms. The van der Waals surface area contributed by atoms with Gasteiger partial charge in [-0.3, -0.25) is 4.79 Å². The van der Waals surface area contributed by atoms with Crippen LogP contribution in [0.3, 0.4) is 0 Å². The van der Waals surface area contributed by atoms with Crippen molar-refractivity contribution in [3.05, 3.63) is 54.4 Å². The molecule has 1 aliphatic rings. The number of fused-ring (bicyclic) bond motifs is 1. The molecule has 0 aliphatic carbocycles. The van der Waals surface area contributed by atoms with E-state index in [9.17, 15) is 4.79 Å². The first-order valence-corrected chi connectivity index (χ1v) is 8.38. The Morgan fingerprint density at radius 1 is 1.17 bits per heavy atom. The molecule has 128 valence electrons. The second-order valence-electron chi connectivity index (χ2n) is 6.03. The summed E-state index contributed by atoms with van der Waals surface area (Å²) in [4.78, 5) is 14.5. The van der Waals surface area contributed by atoms with E-state index in [0.29, 0.717) is 26.2 Å². The molecule has 0 saturated heterocycles. The Morgan fingerprint density at radius 2 is 2.00 bits per heavy atom. The molecule has 0 radical (unpaired) electrons. The third-order valence-electron chi connectivity index (χ3n) is 4.38. The van der Waals surface area contributed by atoms with E-state index in [1.807, 2.05) is 41.3 Å². The summed E-state index contributed by atoms with van der Waals surface area (Å²) in [6.45, 7) is 2.50. The van der Waals surface area contributed by atoms with Gasteiger partial charge < -0.3 is 18.9 Å². The predicted octanol–water partition coefficient (Wildman–Crippen LogP) is 2.88. The molecule has 1 unspecified atom stereocenters. The van der Waals surface area contributed by atoms with Gasteiger partial charge in [0.1, 0.15) is 5.75 Å². The summed E-state index contributed by atoms with van der Waals surface area (Å²) < 4.78 is 13.1. The quantitative estimate of drug-likeness (QED) is 0.785. The standard InChI is InChI=1S/C19H24N2O3/c1-23-12-9-17-15-20(14-16-6-5-11-21(16)17)19(22)10-13-24-18-7-3-2-4-8-18/h2-8,11,17H,9-10,12-15H2,1H3. The number of rotatable bonds is 7. The maximum atomic E-state index is 12.5. The molecule has 24 heavy (non-hydrogen) atoms. The summed E-state index contributed by atoms with van der Waals surface area (Å²) >= 11 is 0. The molecule has 0 saturated carbocycles. The molecule has 1 atom stereocenters. The molecule has 3 rings (SSSR count). The number of amides is 1. The van der Waals surface area contributed by atoms with E-state index in [1.165, 1.54) is 5.69 Å². The van der Waals surface area contributed by atoms with Crippen molar-refractivity contribution in [3.8, 4) is 5.75 Å². The first-order valence-electron chi connectivity index (χ1n) is 8.38. The Bertz CT molecular complexity index is 654. The van der Waals surface area contributed by atoms with Gasteiger partial charge in [0, 0.05) is 32.2 Å². The minimum Gasteiger partial charge on any atom is -0.493 e. The van der Waals surface area contributed by atoms with Crippen LogP contribution in [-0.4, -0.2) is 42.2 Å². The lowest BCUT2D eigenvalue weighted by atomic mass is 10.1. The lowest BCUT2D eigenvalue weighted by Crippen LogP contribution is -2.41. The van der Waals surface area contributed by atoms with Crippen molar-refractivity contribution in [1.82, 2.24) is 9.47 Å². The Morgan fingerprint density at radius 3 is 2.79 bits per heavy atom. The molecule has 5 nitrogen and oxygen atoms in total. The second-order valence-corrected chi connectivity index (χ2v) is 6.03. The number of carbonyl (C=O) groups is 1. The molecule has 2 aromatic rings. The van der Waals surface area contributed by atoms with E-state index in [4.69, 9.17) is 9.47 Å². The van der Waals surface area contributed by atoms with Crippen molar-refractivity contribution >= 4 is 5.91 Å². The average molecular weight is 328 g/mol. The van der Waals surface area contributed by atoms with E-state index < -0.39 is 0 Å². The second kappa shape index (κ2) is 8.02. The minimum absolute atomic E-state index is 0.140. The summed E-state index contributed by atoms with van der Waals surface area (Å²) in [5.74, 6) is 0.941. The van der Waals surface area contributed by atoms with Gasteiger partial charge >= 0.3 is 0 Å². The molecule has 2 heterocycles. The van der Waals surface area contributed by atoms with Crippen molar-refractivity contribution in [1.29, 1.82) is 0 Å². The Labute approximate surface area is 142 Å². The summed E-state index contributed by atoms with van der Waals surface area (Å²) in [7, 11) is 1.71. The molecule has 0 spiro atoms. The van der Waals surface area contributed by atoms with Gasteiger partial charge in [-0.25, -0.2) is 0 Å². The number of carbonyl (C=O) groups excluding carboxylic acids is 1. The first-order chi connectivity index (χ1) is 11.8. The first kappa shape index (κ1) is 16.6. The fourth-order valence-electron chi connectivity index (χ4n) is 3.13. The molecule has 1 aromatic carbocycles. The number of hydrogen-bond acceptors (Lipinski definition) is 3. The van der Waals surface area contributed by atoms with Crippen LogP contribution in [0.1, 0.15) is 24.6 Å². The van der Waals surface area contributed by atoms with Crippen LogP contribution in [0.15, 0.2) is 48.7 Å². The van der Waals surface area contributed by atoms with Crippen molar-refractivity contribution in [2.45, 2.75) is 25.4 Å². The van der Waals surface area contributed by atoms with Crippen molar-refractivity contribution in [2.75, 3.05) is 26.9 Å². The smallest absolute Gasteiger partial charge is 0.226 e. The number of benzene rings is 1. The monoisotopic (exact) mass is 328 g/mol. The van der Waals surface area contributed by atoms with E-state index in [1.54, 1.807) is 7.11 Å². The highest BCUT2D eigenvalue weighted by molar-refractivity contribution is 5.76. The van der Waals surface area contributed by atoms with Gasteiger partial charge in [0.15, 0.2) is 0 Å². The third-order valence-corrected chi connectivity index (χ3v) is 4.38. The zero-order valence-corrected chi connectivity index (χ0v) is 14.1. The van der Waals surface area contributed by atoms with Crippen molar-refractivity contribution < 1.29 is 14.3 Å². The van der Waals surface area contributed by atoms with Crippen LogP contribution in [0.25, 0.3) is 0 Å². The number of ether oxygens (including phenoxy) is 2. The molecule has 1 aromatic heterocycles. The summed E-state index contributed by atoms with van der Waals surface area (Å²) in [6, 6.07) is 14.0. The number of nitrogens with zero attached hydrogens (tertiary/aromatic N) is 2. The highest BCUT2D eigenvalue weighted by Gasteiger charge is 2.26. The molecule has 0 fully saturated rings. The average Bonchev–Trinajstić information content (AvgIpc) is 3.09. The molecular formula is C19H24N2O3. The van der Waals surface area contributed by atoms with E-state index in [-0.39, 0.29) is 11.9 Å². The predicted molar refractivity (Wildman–Crippen MR) is 91.9 cm³/mol. The zero-order valence-electron chi connectivity index (χ0n) is 14.1. The van der Waals surface area contributed by atoms with Gasteiger partial charge in [0.2, 0.25) is 5.91 Å². The van der Waals surface area contributed by atoms with E-state index >= 15 is 0 Å². The fourth-order valence-corrected chi connectivity index (χ4v) is 3.13. The highest BCUT2D eigenvalue weighted by atomic mass is 16.5. The molecule has 1 aliphatic heterocycles. The number of aromatic nitrogens is 1. The lowest BCUT2D eigenvalue weighted by molar-refractivity contribution is -0.133. The fraction of sp³-hybridized carbons (Fsp3) is 0.421. The number of methoxy groups -OCH3 is 1. The molecule has 5 heteroatoms. The molecule has 0 N–H and O–H groups in total. The number of hydrogen-bond donors (Lipinski definition) is 0. The van der Waals surface area contributed by atoms with Crippen LogP contribution in [0, 0.1) is 0 Å². The third kappa shape index (κ3) is 3.97. The van der Waals surface area contributed by atoms with Gasteiger partial charge in [-0.2, -0.15) is 0 Å². The zero-order chi connectivity index (χ0) is 16.8. The normalized spacial score (nSPS) is 16.7. The number of para-hydroxylation sites is 1. The SMILES string of the molecule is COCCC1CN(C(=O)CCOc2ccccc2)Cc2cccn21. The van der Waals surface area contributed by atoms with Crippen LogP contribution in [0.4, 0.5) is 0 Å². The van der Waals surface area contributed by atoms with Gasteiger partial charge in [0.05, 0.1) is 25.6 Å². The minimum atomic E-state index is 0.140. The van der Waals surface area contributed by atoms with Gasteiger partial charge in [0.25, 0.3) is 0 Å². The summed E-state index contributed by atoms with van der Waals surface area (Å²) in [6.07, 6.45) is 3.39. The topological polar surface area (TPSA) is 43.7 Å². The van der Waals surface area contributed by atoms with Gasteiger partial charge in [-0.1, -0.05) is 18.2 Å². The van der Waals surface area contributed by atoms with Crippen LogP contribution >= 0.6 is 0 Å². The van der Waals surface area contributed by atoms with Crippen LogP contribution in [-0.2, 0) is 16.1 Å². The maximum Gasteiger partial charge on any atom is 0.226 e. The largest absolute Gasteiger partial charge is 0.493 e. The van der Waals surface area contributed by atoms with Crippen molar-refractivity contribution in [3.63, 3.8) is 0 Å². The summed E-state index contributed by atoms with van der Waals surface area (Å²) in [5.41, 5.74) is 1.18. The Kier molecular flexibility index (Phi) is 5.54. The lowest BCUT2D eigenvalue weighted by Gasteiger charge is -2.35. The molecule has 1 amide bonds. The van der Waals surface area contributed by atoms with Gasteiger partial charge in [-0.15, -0.1) is 0 Å². The van der Waals surface area contributed by atoms with Gasteiger partial charge in [-0.05, 0) is 30.7 Å². The van der Waals surface area contributed by atoms with Crippen LogP contribution in [0.5, 0.6) is 5.75 Å². The van der Waals surface area contributed by atoms with Crippen molar-refractivity contribution in [2.24, 2.45) is 0 Å². The molecular weight excluding hydrogens is 304 g/mol. The van der Waals surface area contributed by atoms with Crippen LogP contribution in [0.2, 0.25) is 0 Å². The Balaban J connectivity index is 1.55. The van der Waals surface area contributed by atoms with E-state index in [0.717, 1.165) is 18.7 Å². The van der Waals surface area contributed by atoms with E-state index in [2.05, 4.69) is 16.8 Å². The highest BCUT2D eigenvalue weighted by Crippen LogP contribution is 2.25.